The molecular weight excluding hydrogens is 534 g/mol. The molecule has 1 amide bonds. The second-order valence-corrected chi connectivity index (χ2v) is 13.4. The summed E-state index contributed by atoms with van der Waals surface area (Å²) in [5, 5.41) is 3.42. The fourth-order valence-electron chi connectivity index (χ4n) is 8.14. The molecule has 2 N–H and O–H groups in total. The van der Waals surface area contributed by atoms with Crippen LogP contribution in [-0.2, 0) is 9.59 Å². The number of ketones is 1. The van der Waals surface area contributed by atoms with E-state index in [1.165, 1.54) is 24.0 Å². The SMILES string of the molecule is C=CCN1CCC2(CC1)C[C@@H]2C(=O)N[C@@H](CCCCCC(=O)CC)c1ncc(-c2ccc3c(c2)C2CCC3N2CC=C)[nH]1. The number of fused-ring (bicyclic) bond motifs is 5. The summed E-state index contributed by atoms with van der Waals surface area (Å²) in [4.78, 5) is 38.8. The van der Waals surface area contributed by atoms with Crippen LogP contribution < -0.4 is 5.32 Å². The highest BCUT2D eigenvalue weighted by molar-refractivity contribution is 5.83. The number of piperidine rings is 1. The minimum absolute atomic E-state index is 0.100. The second kappa shape index (κ2) is 12.9. The number of carbonyl (C=O) groups is 2. The largest absolute Gasteiger partial charge is 0.346 e. The van der Waals surface area contributed by atoms with Gasteiger partial charge >= 0.3 is 0 Å². The minimum Gasteiger partial charge on any atom is -0.346 e. The molecule has 2 aromatic rings. The van der Waals surface area contributed by atoms with Gasteiger partial charge in [0.05, 0.1) is 17.9 Å². The maximum Gasteiger partial charge on any atom is 0.224 e. The molecule has 6 rings (SSSR count). The van der Waals surface area contributed by atoms with Gasteiger partial charge in [-0.15, -0.1) is 13.2 Å². The van der Waals surface area contributed by atoms with Crippen LogP contribution in [0.5, 0.6) is 0 Å². The van der Waals surface area contributed by atoms with Crippen molar-refractivity contribution in [2.45, 2.75) is 95.7 Å². The van der Waals surface area contributed by atoms with Crippen LogP contribution in [0.25, 0.3) is 11.3 Å². The number of hydrogen-bond acceptors (Lipinski definition) is 5. The molecule has 230 valence electrons. The molecule has 4 heterocycles. The van der Waals surface area contributed by atoms with E-state index in [0.717, 1.165) is 88.2 Å². The third-order valence-electron chi connectivity index (χ3n) is 10.8. The topological polar surface area (TPSA) is 81.3 Å². The predicted molar refractivity (Wildman–Crippen MR) is 171 cm³/mol. The van der Waals surface area contributed by atoms with Crippen molar-refractivity contribution in [1.29, 1.82) is 0 Å². The Bertz CT molecular complexity index is 1340. The summed E-state index contributed by atoms with van der Waals surface area (Å²) < 4.78 is 0. The summed E-state index contributed by atoms with van der Waals surface area (Å²) in [6, 6.07) is 7.69. The van der Waals surface area contributed by atoms with E-state index in [-0.39, 0.29) is 23.3 Å². The molecule has 3 fully saturated rings. The molecule has 2 unspecified atom stereocenters. The minimum atomic E-state index is -0.157. The third-order valence-corrected chi connectivity index (χ3v) is 10.8. The van der Waals surface area contributed by atoms with E-state index in [1.54, 1.807) is 0 Å². The van der Waals surface area contributed by atoms with Gasteiger partial charge in [-0.05, 0) is 86.2 Å². The average Bonchev–Trinajstić information content (AvgIpc) is 3.33. The zero-order valence-corrected chi connectivity index (χ0v) is 26.0. The maximum atomic E-state index is 13.6. The molecule has 1 spiro atoms. The molecule has 1 aliphatic carbocycles. The summed E-state index contributed by atoms with van der Waals surface area (Å²) in [7, 11) is 0. The Kier molecular flexibility index (Phi) is 9.01. The van der Waals surface area contributed by atoms with Crippen molar-refractivity contribution in [2.24, 2.45) is 11.3 Å². The van der Waals surface area contributed by atoms with Gasteiger partial charge in [0.25, 0.3) is 0 Å². The molecule has 3 aliphatic heterocycles. The summed E-state index contributed by atoms with van der Waals surface area (Å²) in [6.45, 7) is 13.7. The zero-order chi connectivity index (χ0) is 30.0. The number of hydrogen-bond donors (Lipinski definition) is 2. The van der Waals surface area contributed by atoms with Crippen LogP contribution in [0, 0.1) is 11.3 Å². The quantitative estimate of drug-likeness (QED) is 0.177. The number of amides is 1. The van der Waals surface area contributed by atoms with Crippen LogP contribution in [0.1, 0.15) is 113 Å². The van der Waals surface area contributed by atoms with E-state index >= 15 is 0 Å². The van der Waals surface area contributed by atoms with Crippen LogP contribution in [0.15, 0.2) is 49.7 Å². The third kappa shape index (κ3) is 6.16. The predicted octanol–water partition coefficient (Wildman–Crippen LogP) is 6.83. The first kappa shape index (κ1) is 30.0. The molecule has 2 saturated heterocycles. The molecule has 1 aromatic carbocycles. The maximum absolute atomic E-state index is 13.6. The van der Waals surface area contributed by atoms with Crippen molar-refractivity contribution >= 4 is 11.7 Å². The molecule has 1 aromatic heterocycles. The number of rotatable bonds is 15. The summed E-state index contributed by atoms with van der Waals surface area (Å²) >= 11 is 0. The van der Waals surface area contributed by atoms with Gasteiger partial charge in [0, 0.05) is 43.9 Å². The molecule has 7 heteroatoms. The highest BCUT2D eigenvalue weighted by Crippen LogP contribution is 2.59. The van der Waals surface area contributed by atoms with Crippen LogP contribution >= 0.6 is 0 Å². The van der Waals surface area contributed by atoms with Gasteiger partial charge in [0.1, 0.15) is 11.6 Å². The van der Waals surface area contributed by atoms with E-state index in [1.807, 2.05) is 25.3 Å². The van der Waals surface area contributed by atoms with E-state index in [4.69, 9.17) is 4.98 Å². The van der Waals surface area contributed by atoms with Gasteiger partial charge in [0.15, 0.2) is 0 Å². The summed E-state index contributed by atoms with van der Waals surface area (Å²) in [6.07, 6.45) is 16.4. The van der Waals surface area contributed by atoms with Crippen LogP contribution in [0.3, 0.4) is 0 Å². The van der Waals surface area contributed by atoms with Gasteiger partial charge in [-0.25, -0.2) is 4.98 Å². The lowest BCUT2D eigenvalue weighted by molar-refractivity contribution is -0.124. The van der Waals surface area contributed by atoms with E-state index in [2.05, 4.69) is 51.5 Å². The fourth-order valence-corrected chi connectivity index (χ4v) is 8.14. The monoisotopic (exact) mass is 583 g/mol. The number of aromatic nitrogens is 2. The molecule has 43 heavy (non-hydrogen) atoms. The van der Waals surface area contributed by atoms with Gasteiger partial charge in [0.2, 0.25) is 5.91 Å². The Morgan fingerprint density at radius 3 is 2.60 bits per heavy atom. The molecule has 2 bridgehead atoms. The smallest absolute Gasteiger partial charge is 0.224 e. The van der Waals surface area contributed by atoms with Crippen molar-refractivity contribution in [3.63, 3.8) is 0 Å². The van der Waals surface area contributed by atoms with Crippen molar-refractivity contribution in [3.05, 3.63) is 66.7 Å². The second-order valence-electron chi connectivity index (χ2n) is 13.4. The highest BCUT2D eigenvalue weighted by atomic mass is 16.2. The number of H-pyrrole nitrogens is 1. The first-order chi connectivity index (χ1) is 21.0. The number of Topliss-reactive ketones (excluding diaryl/α,β-unsaturated/α-hetero) is 1. The van der Waals surface area contributed by atoms with Crippen molar-refractivity contribution in [2.75, 3.05) is 26.2 Å². The van der Waals surface area contributed by atoms with Crippen molar-refractivity contribution in [3.8, 4) is 11.3 Å². The summed E-state index contributed by atoms with van der Waals surface area (Å²) in [5.41, 5.74) is 5.23. The highest BCUT2D eigenvalue weighted by Gasteiger charge is 2.58. The number of aromatic amines is 1. The Balaban J connectivity index is 1.14. The van der Waals surface area contributed by atoms with E-state index in [9.17, 15) is 9.59 Å². The lowest BCUT2D eigenvalue weighted by atomic mass is 9.90. The number of nitrogens with one attached hydrogen (secondary N) is 2. The summed E-state index contributed by atoms with van der Waals surface area (Å²) in [5.74, 6) is 1.44. The van der Waals surface area contributed by atoms with E-state index in [0.29, 0.717) is 30.7 Å². The zero-order valence-electron chi connectivity index (χ0n) is 26.0. The molecule has 1 saturated carbocycles. The Morgan fingerprint density at radius 1 is 1.09 bits per heavy atom. The van der Waals surface area contributed by atoms with Crippen molar-refractivity contribution < 1.29 is 9.59 Å². The molecule has 4 aliphatic rings. The number of unbranched alkanes of at least 4 members (excludes halogenated alkanes) is 2. The van der Waals surface area contributed by atoms with Gasteiger partial charge in [-0.2, -0.15) is 0 Å². The van der Waals surface area contributed by atoms with Gasteiger partial charge in [-0.1, -0.05) is 44.1 Å². The molecule has 4 atom stereocenters. The number of nitrogens with zero attached hydrogens (tertiary/aromatic N) is 3. The molecule has 7 nitrogen and oxygen atoms in total. The van der Waals surface area contributed by atoms with Crippen LogP contribution in [0.2, 0.25) is 0 Å². The number of imidazole rings is 1. The first-order valence-electron chi connectivity index (χ1n) is 16.7. The Labute approximate surface area is 257 Å². The molecular formula is C36H49N5O2. The van der Waals surface area contributed by atoms with E-state index < -0.39 is 0 Å². The Hall–Kier alpha value is -3.03. The molecule has 0 radical (unpaired) electrons. The fraction of sp³-hybridized carbons (Fsp3) is 0.583. The number of benzene rings is 1. The Morgan fingerprint density at radius 2 is 1.86 bits per heavy atom. The lowest BCUT2D eigenvalue weighted by Crippen LogP contribution is -2.38. The number of carbonyl (C=O) groups excluding carboxylic acids is 2. The first-order valence-corrected chi connectivity index (χ1v) is 16.7. The van der Waals surface area contributed by atoms with Gasteiger partial charge < -0.3 is 10.3 Å². The normalized spacial score (nSPS) is 24.5. The standard InChI is InChI=1S/C36H49N5O2/c1-4-18-40-20-16-36(17-21-40)23-29(36)35(43)39-30(11-9-7-8-10-26(42)6-3)34-37-24-31(38-34)25-12-13-27-28(22-25)33-15-14-32(27)41(33)19-5-2/h4-5,12-13,22,24,29-30,32-33H,1-2,6-11,14-21,23H2,3H3,(H,37,38)(H,39,43)/t29-,30+,32?,33?/m1/s1. The lowest BCUT2D eigenvalue weighted by Gasteiger charge is -2.32. The van der Waals surface area contributed by atoms with Crippen LogP contribution in [0.4, 0.5) is 0 Å². The number of likely N-dealkylation sites (tertiary alicyclic amines) is 1. The van der Waals surface area contributed by atoms with Crippen molar-refractivity contribution in [1.82, 2.24) is 25.1 Å². The average molecular weight is 584 g/mol. The van der Waals surface area contributed by atoms with Crippen LogP contribution in [-0.4, -0.2) is 57.6 Å². The van der Waals surface area contributed by atoms with Gasteiger partial charge in [-0.3, -0.25) is 19.4 Å².